The Bertz CT molecular complexity index is 173. The van der Waals surface area contributed by atoms with Crippen LogP contribution >= 0.6 is 17.0 Å². The molecule has 2 heterocycles. The molecule has 2 rings (SSSR count). The molecule has 1 N–H and O–H groups in total. The van der Waals surface area contributed by atoms with Crippen LogP contribution in [0.5, 0.6) is 0 Å². The molecular formula is C10H18BrN3. The number of piperazine rings is 1. The van der Waals surface area contributed by atoms with Gasteiger partial charge in [0.15, 0.2) is 0 Å². The number of nitrogens with one attached hydrogen (secondary N) is 1. The zero-order chi connectivity index (χ0) is 9.36. The van der Waals surface area contributed by atoms with Crippen molar-refractivity contribution in [2.45, 2.75) is 0 Å². The van der Waals surface area contributed by atoms with Crippen LogP contribution in [0.25, 0.3) is 0 Å². The minimum absolute atomic E-state index is 0. The molecule has 3 nitrogen and oxygen atoms in total. The molecule has 0 aromatic carbocycles. The summed E-state index contributed by atoms with van der Waals surface area (Å²) in [7, 11) is 2.15. The zero-order valence-electron chi connectivity index (χ0n) is 8.52. The average molecular weight is 260 g/mol. The molecule has 1 fully saturated rings. The molecule has 0 unspecified atom stereocenters. The SMILES string of the molecule is Br.CN1CCNCC1.c1ccncc1. The van der Waals surface area contributed by atoms with Crippen LogP contribution < -0.4 is 5.32 Å². The van der Waals surface area contributed by atoms with Crippen LogP contribution in [0, 0.1) is 0 Å². The fourth-order valence-corrected chi connectivity index (χ4v) is 1.09. The minimum atomic E-state index is 0. The van der Waals surface area contributed by atoms with Gasteiger partial charge in [-0.3, -0.25) is 4.98 Å². The smallest absolute Gasteiger partial charge is 0.0267 e. The number of hydrogen-bond acceptors (Lipinski definition) is 3. The minimum Gasteiger partial charge on any atom is -0.314 e. The molecule has 1 aliphatic heterocycles. The van der Waals surface area contributed by atoms with Gasteiger partial charge in [0.1, 0.15) is 0 Å². The van der Waals surface area contributed by atoms with Crippen LogP contribution in [0.1, 0.15) is 0 Å². The molecule has 0 spiro atoms. The highest BCUT2D eigenvalue weighted by Gasteiger charge is 2.01. The molecule has 1 aromatic heterocycles. The summed E-state index contributed by atoms with van der Waals surface area (Å²) < 4.78 is 0. The largest absolute Gasteiger partial charge is 0.314 e. The number of rotatable bonds is 0. The van der Waals surface area contributed by atoms with Crippen molar-refractivity contribution in [2.24, 2.45) is 0 Å². The number of nitrogens with zero attached hydrogens (tertiary/aromatic N) is 2. The van der Waals surface area contributed by atoms with Crippen LogP contribution in [-0.4, -0.2) is 43.1 Å². The summed E-state index contributed by atoms with van der Waals surface area (Å²) in [6.45, 7) is 4.74. The van der Waals surface area contributed by atoms with E-state index in [0.29, 0.717) is 0 Å². The summed E-state index contributed by atoms with van der Waals surface area (Å²) in [6, 6.07) is 5.72. The lowest BCUT2D eigenvalue weighted by Gasteiger charge is -2.21. The van der Waals surface area contributed by atoms with E-state index in [1.165, 1.54) is 13.1 Å². The van der Waals surface area contributed by atoms with E-state index in [4.69, 9.17) is 0 Å². The Kier molecular flexibility index (Phi) is 8.83. The monoisotopic (exact) mass is 259 g/mol. The summed E-state index contributed by atoms with van der Waals surface area (Å²) in [5.74, 6) is 0. The van der Waals surface area contributed by atoms with Crippen LogP contribution in [0.2, 0.25) is 0 Å². The predicted molar refractivity (Wildman–Crippen MR) is 64.9 cm³/mol. The maximum absolute atomic E-state index is 3.78. The molecule has 1 saturated heterocycles. The second-order valence-corrected chi connectivity index (χ2v) is 3.08. The molecule has 1 aliphatic rings. The van der Waals surface area contributed by atoms with E-state index in [2.05, 4.69) is 22.2 Å². The van der Waals surface area contributed by atoms with Crippen LogP contribution in [0.15, 0.2) is 30.6 Å². The molecule has 1 aromatic rings. The van der Waals surface area contributed by atoms with Gasteiger partial charge < -0.3 is 10.2 Å². The van der Waals surface area contributed by atoms with Crippen molar-refractivity contribution in [3.8, 4) is 0 Å². The van der Waals surface area contributed by atoms with E-state index >= 15 is 0 Å². The molecule has 0 radical (unpaired) electrons. The molecule has 0 saturated carbocycles. The lowest BCUT2D eigenvalue weighted by molar-refractivity contribution is 0.291. The maximum atomic E-state index is 3.78. The highest BCUT2D eigenvalue weighted by Crippen LogP contribution is 1.83. The van der Waals surface area contributed by atoms with Crippen LogP contribution in [0.4, 0.5) is 0 Å². The summed E-state index contributed by atoms with van der Waals surface area (Å²) in [4.78, 5) is 6.11. The van der Waals surface area contributed by atoms with E-state index in [0.717, 1.165) is 13.1 Å². The Labute approximate surface area is 96.3 Å². The van der Waals surface area contributed by atoms with E-state index in [1.54, 1.807) is 12.4 Å². The first-order valence-electron chi connectivity index (χ1n) is 4.64. The Morgan fingerprint density at radius 3 is 1.86 bits per heavy atom. The average Bonchev–Trinajstić information content (AvgIpc) is 2.22. The Balaban J connectivity index is 0.000000227. The van der Waals surface area contributed by atoms with E-state index in [9.17, 15) is 0 Å². The number of hydrogen-bond donors (Lipinski definition) is 1. The van der Waals surface area contributed by atoms with Gasteiger partial charge in [-0.2, -0.15) is 0 Å². The molecule has 0 bridgehead atoms. The van der Waals surface area contributed by atoms with E-state index < -0.39 is 0 Å². The fraction of sp³-hybridized carbons (Fsp3) is 0.500. The first kappa shape index (κ1) is 13.5. The summed E-state index contributed by atoms with van der Waals surface area (Å²) in [6.07, 6.45) is 3.50. The van der Waals surface area contributed by atoms with Crippen molar-refractivity contribution in [2.75, 3.05) is 33.2 Å². The number of halogens is 1. The van der Waals surface area contributed by atoms with Crippen molar-refractivity contribution in [1.29, 1.82) is 0 Å². The Morgan fingerprint density at radius 2 is 1.64 bits per heavy atom. The summed E-state index contributed by atoms with van der Waals surface area (Å²) in [5.41, 5.74) is 0. The van der Waals surface area contributed by atoms with Gasteiger partial charge in [-0.25, -0.2) is 0 Å². The summed E-state index contributed by atoms with van der Waals surface area (Å²) >= 11 is 0. The highest BCUT2D eigenvalue weighted by molar-refractivity contribution is 8.93. The standard InChI is InChI=1S/C5H12N2.C5H5N.BrH/c1-7-4-2-6-3-5-7;1-2-4-6-5-3-1;/h6H,2-5H2,1H3;1-5H;1H. The normalized spacial score (nSPS) is 16.1. The van der Waals surface area contributed by atoms with Crippen molar-refractivity contribution in [3.63, 3.8) is 0 Å². The van der Waals surface area contributed by atoms with Gasteiger partial charge in [0.2, 0.25) is 0 Å². The van der Waals surface area contributed by atoms with Crippen molar-refractivity contribution in [1.82, 2.24) is 15.2 Å². The zero-order valence-corrected chi connectivity index (χ0v) is 10.2. The molecule has 80 valence electrons. The molecule has 14 heavy (non-hydrogen) atoms. The van der Waals surface area contributed by atoms with Gasteiger partial charge in [-0.1, -0.05) is 6.07 Å². The second-order valence-electron chi connectivity index (χ2n) is 3.08. The number of aromatic nitrogens is 1. The first-order valence-corrected chi connectivity index (χ1v) is 4.64. The topological polar surface area (TPSA) is 28.2 Å². The van der Waals surface area contributed by atoms with Gasteiger partial charge >= 0.3 is 0 Å². The highest BCUT2D eigenvalue weighted by atomic mass is 79.9. The van der Waals surface area contributed by atoms with Gasteiger partial charge in [-0.15, -0.1) is 17.0 Å². The third kappa shape index (κ3) is 7.00. The third-order valence-corrected chi connectivity index (χ3v) is 1.91. The van der Waals surface area contributed by atoms with Crippen molar-refractivity contribution >= 4 is 17.0 Å². The molecular weight excluding hydrogens is 242 g/mol. The van der Waals surface area contributed by atoms with Crippen LogP contribution in [0.3, 0.4) is 0 Å². The molecule has 0 atom stereocenters. The van der Waals surface area contributed by atoms with Gasteiger partial charge in [0, 0.05) is 38.6 Å². The lowest BCUT2D eigenvalue weighted by atomic mass is 10.4. The van der Waals surface area contributed by atoms with E-state index in [1.807, 2.05) is 18.2 Å². The van der Waals surface area contributed by atoms with Crippen molar-refractivity contribution in [3.05, 3.63) is 30.6 Å². The first-order chi connectivity index (χ1) is 6.39. The fourth-order valence-electron chi connectivity index (χ4n) is 1.09. The number of likely N-dealkylation sites (N-methyl/N-ethyl adjacent to an activating group) is 1. The molecule has 4 heteroatoms. The quantitative estimate of drug-likeness (QED) is 0.759. The third-order valence-electron chi connectivity index (χ3n) is 1.91. The predicted octanol–water partition coefficient (Wildman–Crippen LogP) is 1.18. The van der Waals surface area contributed by atoms with Gasteiger partial charge in [0.05, 0.1) is 0 Å². The summed E-state index contributed by atoms with van der Waals surface area (Å²) in [5, 5.41) is 3.27. The van der Waals surface area contributed by atoms with E-state index in [-0.39, 0.29) is 17.0 Å². The Morgan fingerprint density at radius 1 is 1.07 bits per heavy atom. The van der Waals surface area contributed by atoms with Gasteiger partial charge in [0.25, 0.3) is 0 Å². The van der Waals surface area contributed by atoms with Crippen LogP contribution in [-0.2, 0) is 0 Å². The lowest BCUT2D eigenvalue weighted by Crippen LogP contribution is -2.40. The molecule has 0 amide bonds. The van der Waals surface area contributed by atoms with Crippen molar-refractivity contribution < 1.29 is 0 Å². The van der Waals surface area contributed by atoms with Gasteiger partial charge in [-0.05, 0) is 19.2 Å². The second kappa shape index (κ2) is 9.12. The molecule has 0 aliphatic carbocycles. The number of pyridine rings is 1. The maximum Gasteiger partial charge on any atom is 0.0267 e. The Hall–Kier alpha value is -0.450.